The van der Waals surface area contributed by atoms with Crippen LogP contribution in [0.4, 0.5) is 5.82 Å². The third-order valence-electron chi connectivity index (χ3n) is 2.58. The molecule has 1 aromatic heterocycles. The van der Waals surface area contributed by atoms with Gasteiger partial charge in [0.1, 0.15) is 5.84 Å². The molecule has 1 fully saturated rings. The Morgan fingerprint density at radius 3 is 3.00 bits per heavy atom. The summed E-state index contributed by atoms with van der Waals surface area (Å²) >= 11 is 0. The van der Waals surface area contributed by atoms with Gasteiger partial charge in [0.2, 0.25) is 0 Å². The van der Waals surface area contributed by atoms with Crippen LogP contribution in [-0.2, 0) is 0 Å². The summed E-state index contributed by atoms with van der Waals surface area (Å²) in [7, 11) is 1.97. The van der Waals surface area contributed by atoms with Crippen LogP contribution in [-0.4, -0.2) is 29.6 Å². The molecular weight excluding hydrogens is 190 g/mol. The minimum atomic E-state index is 0.0440. The van der Waals surface area contributed by atoms with Crippen molar-refractivity contribution in [3.63, 3.8) is 0 Å². The van der Waals surface area contributed by atoms with Gasteiger partial charge < -0.3 is 10.6 Å². The minimum absolute atomic E-state index is 0.0440. The first-order valence-electron chi connectivity index (χ1n) is 5.05. The van der Waals surface area contributed by atoms with Crippen molar-refractivity contribution >= 4 is 11.7 Å². The summed E-state index contributed by atoms with van der Waals surface area (Å²) in [5.41, 5.74) is 6.15. The van der Waals surface area contributed by atoms with Gasteiger partial charge in [-0.15, -0.1) is 5.10 Å². The second kappa shape index (κ2) is 3.84. The van der Waals surface area contributed by atoms with Crippen LogP contribution >= 0.6 is 0 Å². The summed E-state index contributed by atoms with van der Waals surface area (Å²) in [5, 5.41) is 15.3. The van der Waals surface area contributed by atoms with Crippen LogP contribution in [0.15, 0.2) is 12.3 Å². The molecule has 0 amide bonds. The van der Waals surface area contributed by atoms with E-state index in [1.165, 1.54) is 12.8 Å². The summed E-state index contributed by atoms with van der Waals surface area (Å²) in [5.74, 6) is 1.52. The molecule has 0 aliphatic heterocycles. The Bertz CT molecular complexity index is 372. The summed E-state index contributed by atoms with van der Waals surface area (Å²) < 4.78 is 0. The van der Waals surface area contributed by atoms with Gasteiger partial charge in [-0.05, 0) is 24.8 Å². The van der Waals surface area contributed by atoms with Crippen molar-refractivity contribution in [3.05, 3.63) is 17.8 Å². The number of rotatable bonds is 4. The van der Waals surface area contributed by atoms with Gasteiger partial charge in [0.05, 0.1) is 11.8 Å². The van der Waals surface area contributed by atoms with Crippen LogP contribution < -0.4 is 10.6 Å². The molecule has 0 aromatic carbocycles. The van der Waals surface area contributed by atoms with Crippen LogP contribution in [0.25, 0.3) is 0 Å². The van der Waals surface area contributed by atoms with Crippen molar-refractivity contribution in [1.29, 1.82) is 5.41 Å². The average molecular weight is 205 g/mol. The predicted molar refractivity (Wildman–Crippen MR) is 59.0 cm³/mol. The number of amidine groups is 1. The topological polar surface area (TPSA) is 78.9 Å². The van der Waals surface area contributed by atoms with Gasteiger partial charge >= 0.3 is 0 Å². The number of nitrogens with one attached hydrogen (secondary N) is 1. The Hall–Kier alpha value is -1.65. The lowest BCUT2D eigenvalue weighted by Crippen LogP contribution is -2.25. The minimum Gasteiger partial charge on any atom is -0.384 e. The van der Waals surface area contributed by atoms with Crippen LogP contribution in [0.3, 0.4) is 0 Å². The zero-order chi connectivity index (χ0) is 10.8. The third kappa shape index (κ3) is 2.23. The van der Waals surface area contributed by atoms with E-state index >= 15 is 0 Å². The summed E-state index contributed by atoms with van der Waals surface area (Å²) in [6.45, 7) is 0.971. The van der Waals surface area contributed by atoms with E-state index in [1.807, 2.05) is 11.9 Å². The molecule has 1 saturated carbocycles. The molecule has 0 spiro atoms. The molecule has 0 atom stereocenters. The monoisotopic (exact) mass is 205 g/mol. The number of hydrogen-bond donors (Lipinski definition) is 2. The summed E-state index contributed by atoms with van der Waals surface area (Å²) in [6.07, 6.45) is 4.14. The molecule has 0 unspecified atom stereocenters. The highest BCUT2D eigenvalue weighted by atomic mass is 15.2. The Kier molecular flexibility index (Phi) is 2.53. The Labute approximate surface area is 88.8 Å². The highest BCUT2D eigenvalue weighted by Gasteiger charge is 2.24. The molecule has 80 valence electrons. The molecule has 0 saturated heterocycles. The number of nitrogens with zero attached hydrogens (tertiary/aromatic N) is 3. The van der Waals surface area contributed by atoms with E-state index in [1.54, 1.807) is 12.3 Å². The maximum absolute atomic E-state index is 7.45. The number of hydrogen-bond acceptors (Lipinski definition) is 4. The van der Waals surface area contributed by atoms with Crippen molar-refractivity contribution in [3.8, 4) is 0 Å². The molecule has 2 rings (SSSR count). The van der Waals surface area contributed by atoms with Gasteiger partial charge in [0.15, 0.2) is 5.82 Å². The summed E-state index contributed by atoms with van der Waals surface area (Å²) in [4.78, 5) is 2.03. The van der Waals surface area contributed by atoms with E-state index in [0.29, 0.717) is 11.4 Å². The molecule has 1 aliphatic carbocycles. The number of aromatic nitrogens is 2. The maximum Gasteiger partial charge on any atom is 0.162 e. The fraction of sp³-hybridized carbons (Fsp3) is 0.500. The van der Waals surface area contributed by atoms with Gasteiger partial charge in [-0.25, -0.2) is 0 Å². The van der Waals surface area contributed by atoms with Crippen LogP contribution in [0.2, 0.25) is 0 Å². The first-order chi connectivity index (χ1) is 7.18. The fourth-order valence-corrected chi connectivity index (χ4v) is 1.59. The van der Waals surface area contributed by atoms with Crippen molar-refractivity contribution < 1.29 is 0 Å². The Balaban J connectivity index is 2.20. The number of nitrogen functional groups attached to an aromatic ring is 1. The molecule has 1 aliphatic rings. The second-order valence-electron chi connectivity index (χ2n) is 4.01. The van der Waals surface area contributed by atoms with Crippen molar-refractivity contribution in [2.75, 3.05) is 18.5 Å². The lowest BCUT2D eigenvalue weighted by molar-refractivity contribution is 0.767. The molecule has 3 N–H and O–H groups in total. The maximum atomic E-state index is 7.45. The lowest BCUT2D eigenvalue weighted by atomic mass is 10.2. The fourth-order valence-electron chi connectivity index (χ4n) is 1.59. The number of anilines is 1. The van der Waals surface area contributed by atoms with E-state index in [2.05, 4.69) is 10.2 Å². The van der Waals surface area contributed by atoms with Crippen molar-refractivity contribution in [1.82, 2.24) is 10.2 Å². The highest BCUT2D eigenvalue weighted by Crippen LogP contribution is 2.30. The van der Waals surface area contributed by atoms with Crippen molar-refractivity contribution in [2.45, 2.75) is 12.8 Å². The molecule has 1 heterocycles. The van der Waals surface area contributed by atoms with Crippen LogP contribution in [0.1, 0.15) is 18.4 Å². The highest BCUT2D eigenvalue weighted by molar-refractivity contribution is 5.99. The molecule has 1 aromatic rings. The number of nitrogens with two attached hydrogens (primary N) is 1. The van der Waals surface area contributed by atoms with E-state index < -0.39 is 0 Å². The summed E-state index contributed by atoms with van der Waals surface area (Å²) in [6, 6.07) is 1.73. The first kappa shape index (κ1) is 9.89. The van der Waals surface area contributed by atoms with Gasteiger partial charge in [0.25, 0.3) is 0 Å². The van der Waals surface area contributed by atoms with Gasteiger partial charge in [-0.3, -0.25) is 5.41 Å². The molecule has 5 nitrogen and oxygen atoms in total. The largest absolute Gasteiger partial charge is 0.384 e. The normalized spacial score (nSPS) is 15.0. The Morgan fingerprint density at radius 2 is 2.40 bits per heavy atom. The first-order valence-corrected chi connectivity index (χ1v) is 5.05. The van der Waals surface area contributed by atoms with E-state index in [4.69, 9.17) is 11.1 Å². The van der Waals surface area contributed by atoms with Crippen molar-refractivity contribution in [2.24, 2.45) is 11.7 Å². The van der Waals surface area contributed by atoms with Gasteiger partial charge in [-0.2, -0.15) is 5.10 Å². The standard InChI is InChI=1S/C10H15N5/c1-15(6-7-2-3-7)10-8(9(11)12)4-5-13-14-10/h4-5,7H,2-3,6H2,1H3,(H3,11,12). The van der Waals surface area contributed by atoms with Crippen LogP contribution in [0, 0.1) is 11.3 Å². The molecule has 0 bridgehead atoms. The SMILES string of the molecule is CN(CC1CC1)c1nnccc1C(=N)N. The smallest absolute Gasteiger partial charge is 0.162 e. The van der Waals surface area contributed by atoms with Gasteiger partial charge in [-0.1, -0.05) is 0 Å². The van der Waals surface area contributed by atoms with Crippen LogP contribution in [0.5, 0.6) is 0 Å². The third-order valence-corrected chi connectivity index (χ3v) is 2.58. The molecular formula is C10H15N5. The van der Waals surface area contributed by atoms with E-state index in [9.17, 15) is 0 Å². The molecule has 0 radical (unpaired) electrons. The predicted octanol–water partition coefficient (Wildman–Crippen LogP) is 0.607. The Morgan fingerprint density at radius 1 is 1.67 bits per heavy atom. The zero-order valence-electron chi connectivity index (χ0n) is 8.77. The van der Waals surface area contributed by atoms with E-state index in [-0.39, 0.29) is 5.84 Å². The molecule has 5 heteroatoms. The quantitative estimate of drug-likeness (QED) is 0.557. The zero-order valence-corrected chi connectivity index (χ0v) is 8.77. The second-order valence-corrected chi connectivity index (χ2v) is 4.01. The van der Waals surface area contributed by atoms with E-state index in [0.717, 1.165) is 12.5 Å². The average Bonchev–Trinajstić information content (AvgIpc) is 3.01. The lowest BCUT2D eigenvalue weighted by Gasteiger charge is -2.19. The van der Waals surface area contributed by atoms with Gasteiger partial charge in [0, 0.05) is 13.6 Å². The molecule has 15 heavy (non-hydrogen) atoms.